The van der Waals surface area contributed by atoms with Crippen molar-refractivity contribution < 1.29 is 9.72 Å². The number of H-pyrrole nitrogens is 1. The van der Waals surface area contributed by atoms with Gasteiger partial charge in [0.25, 0.3) is 11.6 Å². The number of rotatable bonds is 5. The maximum Gasteiger partial charge on any atom is 0.300 e. The second kappa shape index (κ2) is 5.99. The van der Waals surface area contributed by atoms with Crippen molar-refractivity contribution in [3.8, 4) is 0 Å². The zero-order valence-corrected chi connectivity index (χ0v) is 11.5. The van der Waals surface area contributed by atoms with Gasteiger partial charge >= 0.3 is 0 Å². The van der Waals surface area contributed by atoms with Crippen LogP contribution in [0.15, 0.2) is 24.7 Å². The summed E-state index contributed by atoms with van der Waals surface area (Å²) in [5, 5.41) is 16.4. The number of amides is 1. The molecule has 0 aliphatic carbocycles. The van der Waals surface area contributed by atoms with Crippen LogP contribution in [0.25, 0.3) is 0 Å². The third-order valence-corrected chi connectivity index (χ3v) is 2.86. The smallest absolute Gasteiger partial charge is 0.300 e. The minimum absolute atomic E-state index is 0.0576. The van der Waals surface area contributed by atoms with E-state index in [0.717, 1.165) is 6.20 Å². The van der Waals surface area contributed by atoms with E-state index in [1.54, 1.807) is 26.4 Å². The van der Waals surface area contributed by atoms with Crippen molar-refractivity contribution in [2.45, 2.75) is 13.0 Å². The van der Waals surface area contributed by atoms with Crippen LogP contribution in [0.3, 0.4) is 0 Å². The first-order valence-corrected chi connectivity index (χ1v) is 6.15. The van der Waals surface area contributed by atoms with Gasteiger partial charge in [0.15, 0.2) is 0 Å². The number of pyridine rings is 1. The standard InChI is InChI=1S/C12H14N6O3/c1-7(11-14-3-4-15-11)17-12(19)8-5-10(13-2)16-6-9(8)18(20)21/h3-7H,1-2H3,(H,13,16)(H,14,15)(H,17,19). The zero-order valence-electron chi connectivity index (χ0n) is 11.5. The van der Waals surface area contributed by atoms with Gasteiger partial charge in [-0.15, -0.1) is 0 Å². The van der Waals surface area contributed by atoms with Crippen LogP contribution in [-0.2, 0) is 0 Å². The van der Waals surface area contributed by atoms with Crippen molar-refractivity contribution in [1.29, 1.82) is 0 Å². The summed E-state index contributed by atoms with van der Waals surface area (Å²) in [6, 6.07) is 0.931. The first-order chi connectivity index (χ1) is 10.0. The number of nitrogens with zero attached hydrogens (tertiary/aromatic N) is 3. The predicted molar refractivity (Wildman–Crippen MR) is 74.9 cm³/mol. The Morgan fingerprint density at radius 3 is 2.81 bits per heavy atom. The number of aromatic amines is 1. The minimum atomic E-state index is -0.640. The second-order valence-electron chi connectivity index (χ2n) is 4.26. The number of hydrogen-bond acceptors (Lipinski definition) is 6. The second-order valence-corrected chi connectivity index (χ2v) is 4.26. The highest BCUT2D eigenvalue weighted by molar-refractivity contribution is 5.98. The zero-order chi connectivity index (χ0) is 15.4. The molecule has 2 heterocycles. The van der Waals surface area contributed by atoms with Gasteiger partial charge < -0.3 is 15.6 Å². The van der Waals surface area contributed by atoms with Crippen molar-refractivity contribution >= 4 is 17.4 Å². The molecular weight excluding hydrogens is 276 g/mol. The first kappa shape index (κ1) is 14.4. The fourth-order valence-electron chi connectivity index (χ4n) is 1.77. The van der Waals surface area contributed by atoms with E-state index in [2.05, 4.69) is 25.6 Å². The third-order valence-electron chi connectivity index (χ3n) is 2.86. The molecule has 0 aromatic carbocycles. The molecule has 9 heteroatoms. The van der Waals surface area contributed by atoms with Crippen molar-refractivity contribution in [3.05, 3.63) is 46.2 Å². The normalized spacial score (nSPS) is 11.7. The maximum absolute atomic E-state index is 12.2. The number of carbonyl (C=O) groups is 1. The minimum Gasteiger partial charge on any atom is -0.373 e. The fraction of sp³-hybridized carbons (Fsp3) is 0.250. The van der Waals surface area contributed by atoms with E-state index in [1.165, 1.54) is 6.07 Å². The first-order valence-electron chi connectivity index (χ1n) is 6.15. The number of aromatic nitrogens is 3. The van der Waals surface area contributed by atoms with E-state index in [-0.39, 0.29) is 11.3 Å². The van der Waals surface area contributed by atoms with Crippen molar-refractivity contribution in [2.24, 2.45) is 0 Å². The molecule has 2 rings (SSSR count). The Kier molecular flexibility index (Phi) is 4.12. The molecule has 0 spiro atoms. The Bertz CT molecular complexity index is 655. The summed E-state index contributed by atoms with van der Waals surface area (Å²) in [5.74, 6) is 0.370. The van der Waals surface area contributed by atoms with E-state index in [1.807, 2.05) is 0 Å². The number of nitrogens with one attached hydrogen (secondary N) is 3. The summed E-state index contributed by atoms with van der Waals surface area (Å²) in [6.45, 7) is 1.72. The summed E-state index contributed by atoms with van der Waals surface area (Å²) in [7, 11) is 1.61. The van der Waals surface area contributed by atoms with Crippen LogP contribution in [-0.4, -0.2) is 32.8 Å². The Balaban J connectivity index is 2.27. The molecule has 0 saturated carbocycles. The van der Waals surface area contributed by atoms with Gasteiger partial charge in [0.05, 0.1) is 11.0 Å². The van der Waals surface area contributed by atoms with Gasteiger partial charge in [-0.1, -0.05) is 0 Å². The lowest BCUT2D eigenvalue weighted by Gasteiger charge is -2.12. The molecule has 0 bridgehead atoms. The maximum atomic E-state index is 12.2. The Morgan fingerprint density at radius 1 is 1.48 bits per heavy atom. The molecule has 1 unspecified atom stereocenters. The topological polar surface area (TPSA) is 126 Å². The van der Waals surface area contributed by atoms with Crippen molar-refractivity contribution in [3.63, 3.8) is 0 Å². The highest BCUT2D eigenvalue weighted by atomic mass is 16.6. The lowest BCUT2D eigenvalue weighted by molar-refractivity contribution is -0.385. The molecule has 0 radical (unpaired) electrons. The largest absolute Gasteiger partial charge is 0.373 e. The van der Waals surface area contributed by atoms with Crippen molar-refractivity contribution in [1.82, 2.24) is 20.3 Å². The molecule has 1 amide bonds. The van der Waals surface area contributed by atoms with E-state index in [9.17, 15) is 14.9 Å². The highest BCUT2D eigenvalue weighted by Gasteiger charge is 2.23. The molecule has 21 heavy (non-hydrogen) atoms. The van der Waals surface area contributed by atoms with Crippen LogP contribution in [0.4, 0.5) is 11.5 Å². The Hall–Kier alpha value is -2.97. The van der Waals surface area contributed by atoms with Crippen LogP contribution in [0, 0.1) is 10.1 Å². The van der Waals surface area contributed by atoms with Gasteiger partial charge in [0.2, 0.25) is 0 Å². The average Bonchev–Trinajstić information content (AvgIpc) is 3.00. The highest BCUT2D eigenvalue weighted by Crippen LogP contribution is 2.21. The van der Waals surface area contributed by atoms with Gasteiger partial charge in [-0.25, -0.2) is 9.97 Å². The number of carbonyl (C=O) groups excluding carboxylic acids is 1. The third kappa shape index (κ3) is 3.14. The van der Waals surface area contributed by atoms with Gasteiger partial charge in [-0.2, -0.15) is 0 Å². The molecular formula is C12H14N6O3. The summed E-state index contributed by atoms with van der Waals surface area (Å²) in [4.78, 5) is 33.3. The molecule has 2 aromatic rings. The van der Waals surface area contributed by atoms with Crippen molar-refractivity contribution in [2.75, 3.05) is 12.4 Å². The van der Waals surface area contributed by atoms with E-state index in [0.29, 0.717) is 11.6 Å². The summed E-state index contributed by atoms with van der Waals surface area (Å²) >= 11 is 0. The number of anilines is 1. The molecule has 9 nitrogen and oxygen atoms in total. The van der Waals surface area contributed by atoms with Crippen LogP contribution >= 0.6 is 0 Å². The van der Waals surface area contributed by atoms with Crippen LogP contribution in [0.2, 0.25) is 0 Å². The lowest BCUT2D eigenvalue weighted by atomic mass is 10.2. The van der Waals surface area contributed by atoms with Gasteiger partial charge in [0.1, 0.15) is 23.4 Å². The molecule has 0 aliphatic heterocycles. The molecule has 0 saturated heterocycles. The SMILES string of the molecule is CNc1cc(C(=O)NC(C)c2ncc[nH]2)c([N+](=O)[O-])cn1. The molecule has 2 aromatic heterocycles. The molecule has 1 atom stereocenters. The fourth-order valence-corrected chi connectivity index (χ4v) is 1.77. The van der Waals surface area contributed by atoms with Crippen LogP contribution in [0.5, 0.6) is 0 Å². The van der Waals surface area contributed by atoms with E-state index < -0.39 is 16.9 Å². The van der Waals surface area contributed by atoms with E-state index in [4.69, 9.17) is 0 Å². The van der Waals surface area contributed by atoms with Crippen LogP contribution in [0.1, 0.15) is 29.1 Å². The summed E-state index contributed by atoms with van der Waals surface area (Å²) in [5.41, 5.74) is -0.407. The number of hydrogen-bond donors (Lipinski definition) is 3. The average molecular weight is 290 g/mol. The Morgan fingerprint density at radius 2 is 2.24 bits per heavy atom. The molecule has 0 fully saturated rings. The van der Waals surface area contributed by atoms with Crippen LogP contribution < -0.4 is 10.6 Å². The summed E-state index contributed by atoms with van der Waals surface area (Å²) < 4.78 is 0. The monoisotopic (exact) mass is 290 g/mol. The van der Waals surface area contributed by atoms with Gasteiger partial charge in [0, 0.05) is 25.5 Å². The quantitative estimate of drug-likeness (QED) is 0.562. The van der Waals surface area contributed by atoms with Gasteiger partial charge in [-0.05, 0) is 6.92 Å². The van der Waals surface area contributed by atoms with E-state index >= 15 is 0 Å². The molecule has 3 N–H and O–H groups in total. The Labute approximate surface area is 120 Å². The number of imidazole rings is 1. The molecule has 0 aliphatic rings. The number of nitro groups is 1. The summed E-state index contributed by atoms with van der Waals surface area (Å²) in [6.07, 6.45) is 4.25. The lowest BCUT2D eigenvalue weighted by Crippen LogP contribution is -2.28. The predicted octanol–water partition coefficient (Wildman–Crippen LogP) is 1.25. The molecule has 110 valence electrons. The van der Waals surface area contributed by atoms with Gasteiger partial charge in [-0.3, -0.25) is 14.9 Å².